The molecule has 1 aromatic heterocycles. The molecule has 0 saturated carbocycles. The van der Waals surface area contributed by atoms with Crippen LogP contribution in [0, 0.1) is 6.92 Å². The van der Waals surface area contributed by atoms with Gasteiger partial charge in [-0.25, -0.2) is 5.43 Å². The maximum Gasteiger partial charge on any atom is 0.271 e. The van der Waals surface area contributed by atoms with Crippen molar-refractivity contribution in [1.29, 1.82) is 0 Å². The molecule has 1 heterocycles. The molecule has 0 aliphatic carbocycles. The molecule has 0 spiro atoms. The number of nitrogens with one attached hydrogen (secondary N) is 1. The van der Waals surface area contributed by atoms with E-state index in [4.69, 9.17) is 0 Å². The van der Waals surface area contributed by atoms with Crippen molar-refractivity contribution in [3.63, 3.8) is 0 Å². The van der Waals surface area contributed by atoms with Crippen LogP contribution in [-0.4, -0.2) is 16.7 Å². The normalized spacial score (nSPS) is 11.2. The van der Waals surface area contributed by atoms with Gasteiger partial charge >= 0.3 is 0 Å². The number of amides is 1. The number of hydrogen-bond donors (Lipinski definition) is 1. The Labute approximate surface area is 164 Å². The predicted octanol–water partition coefficient (Wildman–Crippen LogP) is 4.76. The third-order valence-corrected chi connectivity index (χ3v) is 4.86. The van der Waals surface area contributed by atoms with Gasteiger partial charge in [-0.2, -0.15) is 5.10 Å². The van der Waals surface area contributed by atoms with Gasteiger partial charge in [-0.1, -0.05) is 66.7 Å². The van der Waals surface area contributed by atoms with Crippen LogP contribution in [0.15, 0.2) is 90.0 Å². The molecule has 0 bridgehead atoms. The zero-order chi connectivity index (χ0) is 19.3. The van der Waals surface area contributed by atoms with E-state index in [-0.39, 0.29) is 5.91 Å². The third-order valence-electron chi connectivity index (χ3n) is 4.86. The van der Waals surface area contributed by atoms with Crippen molar-refractivity contribution in [2.45, 2.75) is 13.5 Å². The van der Waals surface area contributed by atoms with Gasteiger partial charge in [-0.3, -0.25) is 4.79 Å². The smallest absolute Gasteiger partial charge is 0.271 e. The molecule has 4 nitrogen and oxygen atoms in total. The maximum absolute atomic E-state index is 12.2. The summed E-state index contributed by atoms with van der Waals surface area (Å²) in [4.78, 5) is 12.2. The summed E-state index contributed by atoms with van der Waals surface area (Å²) >= 11 is 0. The van der Waals surface area contributed by atoms with E-state index in [2.05, 4.69) is 58.4 Å². The van der Waals surface area contributed by atoms with Gasteiger partial charge in [0.1, 0.15) is 0 Å². The third kappa shape index (κ3) is 3.58. The number of hydrazone groups is 1. The van der Waals surface area contributed by atoms with Gasteiger partial charge in [0.05, 0.1) is 6.21 Å². The van der Waals surface area contributed by atoms with Gasteiger partial charge in [0.25, 0.3) is 5.91 Å². The molecule has 0 radical (unpaired) electrons. The summed E-state index contributed by atoms with van der Waals surface area (Å²) in [5, 5.41) is 5.33. The second kappa shape index (κ2) is 7.92. The van der Waals surface area contributed by atoms with Crippen LogP contribution in [0.5, 0.6) is 0 Å². The van der Waals surface area contributed by atoms with Crippen molar-refractivity contribution < 1.29 is 4.79 Å². The zero-order valence-electron chi connectivity index (χ0n) is 15.7. The lowest BCUT2D eigenvalue weighted by Crippen LogP contribution is -2.17. The molecule has 0 unspecified atom stereocenters. The Hall–Kier alpha value is -3.66. The summed E-state index contributed by atoms with van der Waals surface area (Å²) in [6.07, 6.45) is 1.74. The number of rotatable bonds is 5. The summed E-state index contributed by atoms with van der Waals surface area (Å²) in [5.74, 6) is -0.220. The molecule has 4 aromatic rings. The first-order valence-corrected chi connectivity index (χ1v) is 9.24. The Kier molecular flexibility index (Phi) is 5.02. The summed E-state index contributed by atoms with van der Waals surface area (Å²) in [6.45, 7) is 2.88. The number of hydrogen-bond acceptors (Lipinski definition) is 2. The van der Waals surface area contributed by atoms with Crippen LogP contribution < -0.4 is 5.43 Å². The highest BCUT2D eigenvalue weighted by Gasteiger charge is 2.12. The molecule has 0 saturated heterocycles. The van der Waals surface area contributed by atoms with E-state index in [1.807, 2.05) is 36.4 Å². The highest BCUT2D eigenvalue weighted by atomic mass is 16.2. The molecule has 0 aliphatic rings. The average Bonchev–Trinajstić information content (AvgIpc) is 3.01. The van der Waals surface area contributed by atoms with Crippen LogP contribution in [0.3, 0.4) is 0 Å². The van der Waals surface area contributed by atoms with E-state index >= 15 is 0 Å². The molecule has 3 aromatic carbocycles. The number of nitrogens with zero attached hydrogens (tertiary/aromatic N) is 2. The van der Waals surface area contributed by atoms with Gasteiger partial charge in [-0.15, -0.1) is 0 Å². The van der Waals surface area contributed by atoms with E-state index in [1.54, 1.807) is 18.3 Å². The van der Waals surface area contributed by atoms with Crippen LogP contribution in [-0.2, 0) is 6.54 Å². The van der Waals surface area contributed by atoms with Crippen LogP contribution in [0.25, 0.3) is 10.9 Å². The zero-order valence-corrected chi connectivity index (χ0v) is 15.7. The predicted molar refractivity (Wildman–Crippen MR) is 114 cm³/mol. The summed E-state index contributed by atoms with van der Waals surface area (Å²) in [5.41, 5.74) is 7.73. The van der Waals surface area contributed by atoms with Crippen molar-refractivity contribution in [2.24, 2.45) is 5.10 Å². The fourth-order valence-electron chi connectivity index (χ4n) is 3.40. The average molecular weight is 367 g/mol. The minimum absolute atomic E-state index is 0.220. The van der Waals surface area contributed by atoms with E-state index < -0.39 is 0 Å². The van der Waals surface area contributed by atoms with Gasteiger partial charge in [0, 0.05) is 34.3 Å². The number of aromatic nitrogens is 1. The molecule has 4 rings (SSSR count). The lowest BCUT2D eigenvalue weighted by atomic mass is 10.1. The van der Waals surface area contributed by atoms with Crippen molar-refractivity contribution in [1.82, 2.24) is 9.99 Å². The summed E-state index contributed by atoms with van der Waals surface area (Å²) in [7, 11) is 0. The number of carbonyl (C=O) groups is 1. The van der Waals surface area contributed by atoms with Crippen molar-refractivity contribution in [2.75, 3.05) is 0 Å². The Morgan fingerprint density at radius 1 is 0.929 bits per heavy atom. The number of fused-ring (bicyclic) bond motifs is 1. The number of para-hydroxylation sites is 1. The minimum Gasteiger partial charge on any atom is -0.340 e. The van der Waals surface area contributed by atoms with Crippen molar-refractivity contribution in [3.8, 4) is 0 Å². The first-order chi connectivity index (χ1) is 13.7. The van der Waals surface area contributed by atoms with Gasteiger partial charge in [0.15, 0.2) is 0 Å². The molecule has 138 valence electrons. The fourth-order valence-corrected chi connectivity index (χ4v) is 3.40. The second-order valence-electron chi connectivity index (χ2n) is 6.65. The molecule has 1 N–H and O–H groups in total. The van der Waals surface area contributed by atoms with Crippen LogP contribution in [0.1, 0.15) is 27.2 Å². The fraction of sp³-hybridized carbons (Fsp3) is 0.0833. The lowest BCUT2D eigenvalue weighted by Gasteiger charge is -2.08. The minimum atomic E-state index is -0.220. The molecular formula is C24H21N3O. The standard InChI is InChI=1S/C24H21N3O/c1-18-22(16-25-26-24(28)20-12-6-3-7-13-20)21-14-8-9-15-23(21)27(18)17-19-10-4-2-5-11-19/h2-16H,17H2,1H3,(H,26,28)/b25-16-. The highest BCUT2D eigenvalue weighted by Crippen LogP contribution is 2.25. The molecule has 4 heteroatoms. The lowest BCUT2D eigenvalue weighted by molar-refractivity contribution is 0.0955. The Morgan fingerprint density at radius 3 is 2.32 bits per heavy atom. The van der Waals surface area contributed by atoms with Crippen LogP contribution in [0.4, 0.5) is 0 Å². The van der Waals surface area contributed by atoms with Crippen LogP contribution >= 0.6 is 0 Å². The summed E-state index contributed by atoms with van der Waals surface area (Å²) in [6, 6.07) is 27.7. The number of carbonyl (C=O) groups excluding carboxylic acids is 1. The monoisotopic (exact) mass is 367 g/mol. The summed E-state index contributed by atoms with van der Waals surface area (Å²) < 4.78 is 2.28. The van der Waals surface area contributed by atoms with Gasteiger partial charge in [0.2, 0.25) is 0 Å². The first kappa shape index (κ1) is 17.7. The van der Waals surface area contributed by atoms with E-state index in [0.717, 1.165) is 28.7 Å². The van der Waals surface area contributed by atoms with Gasteiger partial charge < -0.3 is 4.57 Å². The topological polar surface area (TPSA) is 46.4 Å². The van der Waals surface area contributed by atoms with Gasteiger partial charge in [-0.05, 0) is 30.7 Å². The van der Waals surface area contributed by atoms with Crippen LogP contribution in [0.2, 0.25) is 0 Å². The first-order valence-electron chi connectivity index (χ1n) is 9.24. The second-order valence-corrected chi connectivity index (χ2v) is 6.65. The Balaban J connectivity index is 1.64. The quantitative estimate of drug-likeness (QED) is 0.401. The Morgan fingerprint density at radius 2 is 1.57 bits per heavy atom. The molecule has 0 atom stereocenters. The largest absolute Gasteiger partial charge is 0.340 e. The molecule has 1 amide bonds. The SMILES string of the molecule is Cc1c(/C=N\NC(=O)c2ccccc2)c2ccccc2n1Cc1ccccc1. The highest BCUT2D eigenvalue weighted by molar-refractivity contribution is 6.02. The molecule has 28 heavy (non-hydrogen) atoms. The van der Waals surface area contributed by atoms with Crippen molar-refractivity contribution >= 4 is 23.0 Å². The van der Waals surface area contributed by atoms with E-state index in [1.165, 1.54) is 5.56 Å². The molecule has 0 aliphatic heterocycles. The van der Waals surface area contributed by atoms with E-state index in [9.17, 15) is 4.79 Å². The molecule has 0 fully saturated rings. The Bertz CT molecular complexity index is 1130. The maximum atomic E-state index is 12.2. The van der Waals surface area contributed by atoms with Crippen molar-refractivity contribution in [3.05, 3.63) is 107 Å². The molecular weight excluding hydrogens is 346 g/mol. The number of benzene rings is 3. The van der Waals surface area contributed by atoms with E-state index in [0.29, 0.717) is 5.56 Å².